The van der Waals surface area contributed by atoms with Gasteiger partial charge in [-0.3, -0.25) is 0 Å². The number of methoxy groups -OCH3 is 1. The topological polar surface area (TPSA) is 76.4 Å². The third kappa shape index (κ3) is 3.66. The molecule has 0 aliphatic heterocycles. The van der Waals surface area contributed by atoms with Gasteiger partial charge in [-0.05, 0) is 52.7 Å². The normalized spacial score (nSPS) is 10.0. The number of hydrogen-bond donors (Lipinski definition) is 3. The van der Waals surface area contributed by atoms with E-state index in [0.717, 1.165) is 10.0 Å². The highest BCUT2D eigenvalue weighted by molar-refractivity contribution is 9.10. The Balaban J connectivity index is 2.16. The average molecular weight is 350 g/mol. The molecule has 0 radical (unpaired) electrons. The van der Waals surface area contributed by atoms with Crippen LogP contribution in [0.3, 0.4) is 0 Å². The fourth-order valence-corrected chi connectivity index (χ4v) is 2.61. The van der Waals surface area contributed by atoms with Gasteiger partial charge in [-0.15, -0.1) is 0 Å². The molecule has 2 aromatic rings. The highest BCUT2D eigenvalue weighted by Crippen LogP contribution is 2.30. The van der Waals surface area contributed by atoms with Crippen molar-refractivity contribution in [2.45, 2.75) is 6.92 Å². The summed E-state index contributed by atoms with van der Waals surface area (Å²) in [6, 6.07) is 10.5. The molecular formula is C15H16BrN3O2. The van der Waals surface area contributed by atoms with Gasteiger partial charge >= 0.3 is 6.03 Å². The number of halogens is 1. The number of ether oxygens (including phenoxy) is 1. The van der Waals surface area contributed by atoms with Crippen LogP contribution in [0.25, 0.3) is 0 Å². The van der Waals surface area contributed by atoms with Gasteiger partial charge in [0, 0.05) is 4.47 Å². The molecule has 0 aliphatic rings. The molecule has 0 aromatic heterocycles. The van der Waals surface area contributed by atoms with Crippen molar-refractivity contribution in [1.82, 2.24) is 0 Å². The Bertz CT molecular complexity index is 651. The van der Waals surface area contributed by atoms with Crippen LogP contribution >= 0.6 is 15.9 Å². The van der Waals surface area contributed by atoms with Crippen molar-refractivity contribution in [1.29, 1.82) is 0 Å². The van der Waals surface area contributed by atoms with Gasteiger partial charge in [0.05, 0.1) is 24.2 Å². The maximum absolute atomic E-state index is 12.1. The fraction of sp³-hybridized carbons (Fsp3) is 0.133. The molecule has 0 fully saturated rings. The monoisotopic (exact) mass is 349 g/mol. The Morgan fingerprint density at radius 2 is 1.95 bits per heavy atom. The summed E-state index contributed by atoms with van der Waals surface area (Å²) in [6.07, 6.45) is 0. The van der Waals surface area contributed by atoms with Crippen molar-refractivity contribution in [2.24, 2.45) is 0 Å². The first-order valence-corrected chi connectivity index (χ1v) is 7.07. The number of hydrogen-bond acceptors (Lipinski definition) is 3. The summed E-state index contributed by atoms with van der Waals surface area (Å²) in [5.74, 6) is 0.587. The van der Waals surface area contributed by atoms with Gasteiger partial charge in [0.15, 0.2) is 0 Å². The summed E-state index contributed by atoms with van der Waals surface area (Å²) in [5.41, 5.74) is 8.55. The lowest BCUT2D eigenvalue weighted by atomic mass is 10.2. The Morgan fingerprint density at radius 1 is 1.24 bits per heavy atom. The lowest BCUT2D eigenvalue weighted by Gasteiger charge is -2.13. The van der Waals surface area contributed by atoms with Crippen LogP contribution in [0.5, 0.6) is 5.75 Å². The largest absolute Gasteiger partial charge is 0.495 e. The maximum Gasteiger partial charge on any atom is 0.323 e. The van der Waals surface area contributed by atoms with Crippen molar-refractivity contribution >= 4 is 39.0 Å². The lowest BCUT2D eigenvalue weighted by Crippen LogP contribution is -2.20. The molecule has 0 atom stereocenters. The van der Waals surface area contributed by atoms with Crippen molar-refractivity contribution in [3.8, 4) is 5.75 Å². The van der Waals surface area contributed by atoms with Gasteiger partial charge in [0.2, 0.25) is 0 Å². The molecule has 4 N–H and O–H groups in total. The first-order chi connectivity index (χ1) is 10.0. The highest BCUT2D eigenvalue weighted by atomic mass is 79.9. The Labute approximate surface area is 131 Å². The number of carbonyl (C=O) groups excluding carboxylic acids is 1. The molecule has 0 saturated carbocycles. The second-order valence-electron chi connectivity index (χ2n) is 4.49. The predicted molar refractivity (Wildman–Crippen MR) is 88.9 cm³/mol. The Morgan fingerprint density at radius 3 is 2.62 bits per heavy atom. The maximum atomic E-state index is 12.1. The minimum absolute atomic E-state index is 0.393. The number of nitrogens with two attached hydrogens (primary N) is 1. The van der Waals surface area contributed by atoms with E-state index in [9.17, 15) is 4.79 Å². The minimum atomic E-state index is -0.393. The highest BCUT2D eigenvalue weighted by Gasteiger charge is 2.11. The van der Waals surface area contributed by atoms with E-state index in [1.54, 1.807) is 25.3 Å². The molecule has 0 bridgehead atoms. The molecule has 0 saturated heterocycles. The SMILES string of the molecule is COc1ccccc1NC(=O)Nc1c(N)cc(C)cc1Br. The van der Waals surface area contributed by atoms with Crippen molar-refractivity contribution in [2.75, 3.05) is 23.5 Å². The number of urea groups is 1. The zero-order valence-corrected chi connectivity index (χ0v) is 13.3. The lowest BCUT2D eigenvalue weighted by molar-refractivity contribution is 0.262. The van der Waals surface area contributed by atoms with E-state index < -0.39 is 6.03 Å². The number of aryl methyl sites for hydroxylation is 1. The van der Waals surface area contributed by atoms with E-state index in [0.29, 0.717) is 22.8 Å². The molecule has 0 heterocycles. The van der Waals surface area contributed by atoms with Crippen LogP contribution in [0.2, 0.25) is 0 Å². The van der Waals surface area contributed by atoms with Gasteiger partial charge in [0.1, 0.15) is 5.75 Å². The number of amides is 2. The number of rotatable bonds is 3. The van der Waals surface area contributed by atoms with Gasteiger partial charge in [-0.2, -0.15) is 0 Å². The zero-order valence-electron chi connectivity index (χ0n) is 11.7. The predicted octanol–water partition coefficient (Wildman–Crippen LogP) is 3.99. The molecule has 6 heteroatoms. The van der Waals surface area contributed by atoms with Crippen molar-refractivity contribution < 1.29 is 9.53 Å². The Hall–Kier alpha value is -2.21. The molecule has 110 valence electrons. The summed E-state index contributed by atoms with van der Waals surface area (Å²) in [5, 5.41) is 5.46. The minimum Gasteiger partial charge on any atom is -0.495 e. The molecule has 5 nitrogen and oxygen atoms in total. The molecule has 0 unspecified atom stereocenters. The first-order valence-electron chi connectivity index (χ1n) is 6.28. The third-order valence-corrected chi connectivity index (χ3v) is 3.48. The number of benzene rings is 2. The number of nitrogens with one attached hydrogen (secondary N) is 2. The van der Waals surface area contributed by atoms with E-state index in [1.165, 1.54) is 0 Å². The van der Waals surface area contributed by atoms with E-state index in [1.807, 2.05) is 25.1 Å². The molecule has 0 aliphatic carbocycles. The van der Waals surface area contributed by atoms with Crippen LogP contribution in [0.4, 0.5) is 21.9 Å². The number of nitrogen functional groups attached to an aromatic ring is 1. The summed E-state index contributed by atoms with van der Waals surface area (Å²) in [4.78, 5) is 12.1. The van der Waals surface area contributed by atoms with E-state index in [4.69, 9.17) is 10.5 Å². The number of carbonyl (C=O) groups is 1. The second-order valence-corrected chi connectivity index (χ2v) is 5.34. The molecule has 2 amide bonds. The van der Waals surface area contributed by atoms with Crippen molar-refractivity contribution in [3.05, 3.63) is 46.4 Å². The van der Waals surface area contributed by atoms with Gasteiger partial charge < -0.3 is 21.1 Å². The van der Waals surface area contributed by atoms with Gasteiger partial charge in [-0.25, -0.2) is 4.79 Å². The molecular weight excluding hydrogens is 334 g/mol. The second kappa shape index (κ2) is 6.49. The molecule has 2 aromatic carbocycles. The molecule has 2 rings (SSSR count). The van der Waals surface area contributed by atoms with E-state index in [2.05, 4.69) is 26.6 Å². The summed E-state index contributed by atoms with van der Waals surface area (Å²) in [7, 11) is 1.55. The van der Waals surface area contributed by atoms with Crippen LogP contribution in [0.15, 0.2) is 40.9 Å². The third-order valence-electron chi connectivity index (χ3n) is 2.86. The number of anilines is 3. The van der Waals surface area contributed by atoms with Gasteiger partial charge in [0.25, 0.3) is 0 Å². The van der Waals surface area contributed by atoms with Crippen LogP contribution < -0.4 is 21.1 Å². The van der Waals surface area contributed by atoms with Crippen LogP contribution in [0, 0.1) is 6.92 Å². The summed E-state index contributed by atoms with van der Waals surface area (Å²) < 4.78 is 5.91. The van der Waals surface area contributed by atoms with E-state index >= 15 is 0 Å². The van der Waals surface area contributed by atoms with Crippen LogP contribution in [-0.4, -0.2) is 13.1 Å². The quantitative estimate of drug-likeness (QED) is 0.733. The Kier molecular flexibility index (Phi) is 4.70. The standard InChI is InChI=1S/C15H16BrN3O2/c1-9-7-10(16)14(11(17)8-9)19-15(20)18-12-5-3-4-6-13(12)21-2/h3-8H,17H2,1-2H3,(H2,18,19,20). The summed E-state index contributed by atoms with van der Waals surface area (Å²) in [6.45, 7) is 1.93. The smallest absolute Gasteiger partial charge is 0.323 e. The van der Waals surface area contributed by atoms with E-state index in [-0.39, 0.29) is 0 Å². The first kappa shape index (κ1) is 15.2. The molecule has 0 spiro atoms. The average Bonchev–Trinajstić information content (AvgIpc) is 2.43. The van der Waals surface area contributed by atoms with Crippen molar-refractivity contribution in [3.63, 3.8) is 0 Å². The van der Waals surface area contributed by atoms with Crippen LogP contribution in [-0.2, 0) is 0 Å². The number of para-hydroxylation sites is 2. The zero-order chi connectivity index (χ0) is 15.4. The van der Waals surface area contributed by atoms with Gasteiger partial charge in [-0.1, -0.05) is 12.1 Å². The van der Waals surface area contributed by atoms with Crippen LogP contribution in [0.1, 0.15) is 5.56 Å². The molecule has 21 heavy (non-hydrogen) atoms. The summed E-state index contributed by atoms with van der Waals surface area (Å²) >= 11 is 3.39. The fourth-order valence-electron chi connectivity index (χ4n) is 1.92.